The van der Waals surface area contributed by atoms with E-state index < -0.39 is 0 Å². The zero-order valence-corrected chi connectivity index (χ0v) is 10.7. The molecule has 0 fully saturated rings. The van der Waals surface area contributed by atoms with Crippen molar-refractivity contribution in [2.45, 2.75) is 13.0 Å². The van der Waals surface area contributed by atoms with Gasteiger partial charge in [0.25, 0.3) is 0 Å². The van der Waals surface area contributed by atoms with Crippen LogP contribution < -0.4 is 0 Å². The fraction of sp³-hybridized carbons (Fsp3) is 0.133. The van der Waals surface area contributed by atoms with E-state index in [0.717, 1.165) is 35.7 Å². The summed E-state index contributed by atoms with van der Waals surface area (Å²) >= 11 is 1.78. The number of para-hydroxylation sites is 1. The van der Waals surface area contributed by atoms with E-state index in [2.05, 4.69) is 34.3 Å². The molecule has 0 N–H and O–H groups in total. The Bertz CT molecular complexity index is 667. The van der Waals surface area contributed by atoms with Gasteiger partial charge in [-0.25, -0.2) is 0 Å². The minimum absolute atomic E-state index is 0.767. The number of aldehydes is 1. The second-order valence-corrected chi connectivity index (χ2v) is 5.27. The minimum Gasteiger partial charge on any atom is -0.347 e. The van der Waals surface area contributed by atoms with Crippen molar-refractivity contribution in [3.63, 3.8) is 0 Å². The Morgan fingerprint density at radius 3 is 2.89 bits per heavy atom. The van der Waals surface area contributed by atoms with Crippen molar-refractivity contribution < 1.29 is 4.79 Å². The lowest BCUT2D eigenvalue weighted by molar-refractivity contribution is 0.112. The highest BCUT2D eigenvalue weighted by molar-refractivity contribution is 7.09. The number of thiophene rings is 1. The van der Waals surface area contributed by atoms with E-state index in [4.69, 9.17) is 0 Å². The van der Waals surface area contributed by atoms with Gasteiger partial charge in [-0.2, -0.15) is 0 Å². The zero-order chi connectivity index (χ0) is 12.4. The Morgan fingerprint density at radius 2 is 2.11 bits per heavy atom. The van der Waals surface area contributed by atoms with Crippen LogP contribution in [-0.2, 0) is 13.0 Å². The topological polar surface area (TPSA) is 22.0 Å². The molecule has 0 aliphatic heterocycles. The summed E-state index contributed by atoms with van der Waals surface area (Å²) in [6.07, 6.45) is 4.00. The first-order valence-electron chi connectivity index (χ1n) is 5.94. The molecule has 0 saturated heterocycles. The molecule has 0 atom stereocenters. The van der Waals surface area contributed by atoms with Gasteiger partial charge in [-0.1, -0.05) is 18.2 Å². The summed E-state index contributed by atoms with van der Waals surface area (Å²) in [6.45, 7) is 0.912. The molecular weight excluding hydrogens is 242 g/mol. The molecule has 0 spiro atoms. The zero-order valence-electron chi connectivity index (χ0n) is 9.87. The Morgan fingerprint density at radius 1 is 1.17 bits per heavy atom. The standard InChI is InChI=1S/C15H13NOS/c17-11-13-4-1-3-12-6-8-16(15(12)13)9-7-14-5-2-10-18-14/h1-6,8,10-11H,7,9H2. The number of nitrogens with zero attached hydrogens (tertiary/aromatic N) is 1. The van der Waals surface area contributed by atoms with Gasteiger partial charge in [0.15, 0.2) is 6.29 Å². The fourth-order valence-electron chi connectivity index (χ4n) is 2.26. The Labute approximate surface area is 109 Å². The van der Waals surface area contributed by atoms with Gasteiger partial charge in [-0.05, 0) is 30.0 Å². The van der Waals surface area contributed by atoms with Crippen LogP contribution in [0.5, 0.6) is 0 Å². The third kappa shape index (κ3) is 1.97. The molecule has 2 aromatic heterocycles. The average Bonchev–Trinajstić information content (AvgIpc) is 3.05. The predicted molar refractivity (Wildman–Crippen MR) is 75.3 cm³/mol. The molecule has 0 aliphatic carbocycles. The highest BCUT2D eigenvalue weighted by atomic mass is 32.1. The second-order valence-electron chi connectivity index (χ2n) is 4.24. The Hall–Kier alpha value is -1.87. The largest absolute Gasteiger partial charge is 0.347 e. The maximum absolute atomic E-state index is 11.1. The minimum atomic E-state index is 0.767. The van der Waals surface area contributed by atoms with E-state index in [1.54, 1.807) is 11.3 Å². The van der Waals surface area contributed by atoms with Crippen molar-refractivity contribution in [2.75, 3.05) is 0 Å². The number of aromatic nitrogens is 1. The first-order chi connectivity index (χ1) is 8.88. The summed E-state index contributed by atoms with van der Waals surface area (Å²) in [7, 11) is 0. The lowest BCUT2D eigenvalue weighted by Crippen LogP contribution is -2.00. The average molecular weight is 255 g/mol. The van der Waals surface area contributed by atoms with Crippen LogP contribution >= 0.6 is 11.3 Å². The summed E-state index contributed by atoms with van der Waals surface area (Å²) < 4.78 is 2.17. The first kappa shape index (κ1) is 11.2. The summed E-state index contributed by atoms with van der Waals surface area (Å²) in [5.74, 6) is 0. The fourth-order valence-corrected chi connectivity index (χ4v) is 2.96. The summed E-state index contributed by atoms with van der Waals surface area (Å²) in [6, 6.07) is 12.1. The van der Waals surface area contributed by atoms with Gasteiger partial charge in [-0.3, -0.25) is 4.79 Å². The lowest BCUT2D eigenvalue weighted by Gasteiger charge is -2.06. The van der Waals surface area contributed by atoms with Crippen molar-refractivity contribution >= 4 is 28.5 Å². The molecule has 18 heavy (non-hydrogen) atoms. The molecule has 90 valence electrons. The molecule has 0 aliphatic rings. The second kappa shape index (κ2) is 4.78. The normalized spacial score (nSPS) is 10.9. The number of hydrogen-bond donors (Lipinski definition) is 0. The molecule has 3 aromatic rings. The molecule has 2 nitrogen and oxygen atoms in total. The molecule has 0 bridgehead atoms. The van der Waals surface area contributed by atoms with E-state index in [9.17, 15) is 4.79 Å². The van der Waals surface area contributed by atoms with Crippen LogP contribution in [0.25, 0.3) is 10.9 Å². The molecule has 0 radical (unpaired) electrons. The molecule has 3 heteroatoms. The van der Waals surface area contributed by atoms with Crippen LogP contribution in [0.2, 0.25) is 0 Å². The van der Waals surface area contributed by atoms with Crippen LogP contribution in [0.1, 0.15) is 15.2 Å². The molecule has 3 rings (SSSR count). The third-order valence-electron chi connectivity index (χ3n) is 3.13. The number of benzene rings is 1. The Kier molecular flexibility index (Phi) is 2.99. The highest BCUT2D eigenvalue weighted by Gasteiger charge is 2.06. The maximum Gasteiger partial charge on any atom is 0.152 e. The molecule has 0 unspecified atom stereocenters. The van der Waals surface area contributed by atoms with Crippen LogP contribution in [-0.4, -0.2) is 10.9 Å². The first-order valence-corrected chi connectivity index (χ1v) is 6.82. The summed E-state index contributed by atoms with van der Waals surface area (Å²) in [4.78, 5) is 12.5. The summed E-state index contributed by atoms with van der Waals surface area (Å²) in [5, 5.41) is 3.23. The Balaban J connectivity index is 1.94. The lowest BCUT2D eigenvalue weighted by atomic mass is 10.1. The highest BCUT2D eigenvalue weighted by Crippen LogP contribution is 2.20. The third-order valence-corrected chi connectivity index (χ3v) is 4.06. The van der Waals surface area contributed by atoms with Gasteiger partial charge >= 0.3 is 0 Å². The van der Waals surface area contributed by atoms with Gasteiger partial charge in [0.05, 0.1) is 5.52 Å². The quantitative estimate of drug-likeness (QED) is 0.651. The van der Waals surface area contributed by atoms with Gasteiger partial charge in [0.2, 0.25) is 0 Å². The van der Waals surface area contributed by atoms with Gasteiger partial charge in [0.1, 0.15) is 0 Å². The van der Waals surface area contributed by atoms with E-state index in [0.29, 0.717) is 0 Å². The van der Waals surface area contributed by atoms with Crippen LogP contribution in [0.3, 0.4) is 0 Å². The number of rotatable bonds is 4. The van der Waals surface area contributed by atoms with Crippen LogP contribution in [0.4, 0.5) is 0 Å². The number of aryl methyl sites for hydroxylation is 2. The molecule has 0 saturated carbocycles. The van der Waals surface area contributed by atoms with Crippen LogP contribution in [0, 0.1) is 0 Å². The molecule has 1 aromatic carbocycles. The van der Waals surface area contributed by atoms with E-state index in [1.807, 2.05) is 18.2 Å². The van der Waals surface area contributed by atoms with E-state index in [-0.39, 0.29) is 0 Å². The molecule has 2 heterocycles. The van der Waals surface area contributed by atoms with E-state index >= 15 is 0 Å². The summed E-state index contributed by atoms with van der Waals surface area (Å²) in [5.41, 5.74) is 1.81. The van der Waals surface area contributed by atoms with Crippen LogP contribution in [0.15, 0.2) is 48.0 Å². The van der Waals surface area contributed by atoms with Gasteiger partial charge < -0.3 is 4.57 Å². The number of carbonyl (C=O) groups is 1. The number of fused-ring (bicyclic) bond motifs is 1. The van der Waals surface area contributed by atoms with Crippen molar-refractivity contribution in [2.24, 2.45) is 0 Å². The number of carbonyl (C=O) groups excluding carboxylic acids is 1. The van der Waals surface area contributed by atoms with Crippen molar-refractivity contribution in [1.29, 1.82) is 0 Å². The van der Waals surface area contributed by atoms with E-state index in [1.165, 1.54) is 4.88 Å². The van der Waals surface area contributed by atoms with Crippen molar-refractivity contribution in [3.05, 3.63) is 58.4 Å². The smallest absolute Gasteiger partial charge is 0.152 e. The number of hydrogen-bond acceptors (Lipinski definition) is 2. The van der Waals surface area contributed by atoms with Gasteiger partial charge in [0, 0.05) is 28.6 Å². The van der Waals surface area contributed by atoms with Gasteiger partial charge in [-0.15, -0.1) is 11.3 Å². The molecule has 0 amide bonds. The maximum atomic E-state index is 11.1. The van der Waals surface area contributed by atoms with Crippen molar-refractivity contribution in [1.82, 2.24) is 4.57 Å². The monoisotopic (exact) mass is 255 g/mol. The molecular formula is C15H13NOS. The predicted octanol–water partition coefficient (Wildman–Crippen LogP) is 3.76. The van der Waals surface area contributed by atoms with Crippen molar-refractivity contribution in [3.8, 4) is 0 Å². The SMILES string of the molecule is O=Cc1cccc2ccn(CCc3cccs3)c12.